The van der Waals surface area contributed by atoms with Crippen LogP contribution in [-0.2, 0) is 0 Å². The van der Waals surface area contributed by atoms with Crippen molar-refractivity contribution in [3.8, 4) is 0 Å². The van der Waals surface area contributed by atoms with Gasteiger partial charge in [-0.15, -0.1) is 16.4 Å². The number of benzene rings is 1. The number of carbonyl (C=O) groups is 1. The zero-order chi connectivity index (χ0) is 18.3. The lowest BCUT2D eigenvalue weighted by Crippen LogP contribution is -2.38. The Morgan fingerprint density at radius 1 is 1.19 bits per heavy atom. The van der Waals surface area contributed by atoms with E-state index in [2.05, 4.69) is 22.3 Å². The molecule has 0 saturated carbocycles. The van der Waals surface area contributed by atoms with Crippen molar-refractivity contribution < 1.29 is 4.79 Å². The number of amides is 1. The van der Waals surface area contributed by atoms with Gasteiger partial charge in [0.2, 0.25) is 0 Å². The van der Waals surface area contributed by atoms with Crippen LogP contribution in [0.1, 0.15) is 51.8 Å². The lowest BCUT2D eigenvalue weighted by atomic mass is 9.95. The van der Waals surface area contributed by atoms with Gasteiger partial charge in [-0.2, -0.15) is 5.10 Å². The van der Waals surface area contributed by atoms with Crippen LogP contribution in [0.3, 0.4) is 0 Å². The largest absolute Gasteiger partial charge is 0.397 e. The van der Waals surface area contributed by atoms with E-state index < -0.39 is 0 Å². The van der Waals surface area contributed by atoms with E-state index in [1.54, 1.807) is 0 Å². The molecular weight excluding hydrogens is 344 g/mol. The SMILES string of the molecule is Cc1nnc2sc(C(=O)N3CCCCC3c3ccccc3)c(N)c2c1C. The van der Waals surface area contributed by atoms with Crippen LogP contribution in [0.25, 0.3) is 10.2 Å². The summed E-state index contributed by atoms with van der Waals surface area (Å²) in [5.41, 5.74) is 9.98. The summed E-state index contributed by atoms with van der Waals surface area (Å²) < 4.78 is 0. The number of carbonyl (C=O) groups excluding carboxylic acids is 1. The van der Waals surface area contributed by atoms with Crippen LogP contribution in [0.4, 0.5) is 5.69 Å². The zero-order valence-corrected chi connectivity index (χ0v) is 15.8. The maximum absolute atomic E-state index is 13.4. The maximum atomic E-state index is 13.4. The standard InChI is InChI=1S/C20H22N4OS/c1-12-13(2)22-23-19-16(12)17(21)18(26-19)20(25)24-11-7-6-10-15(24)14-8-4-3-5-9-14/h3-5,8-9,15H,6-7,10-11,21H2,1-2H3. The molecule has 1 saturated heterocycles. The average molecular weight is 366 g/mol. The first-order valence-corrected chi connectivity index (χ1v) is 9.77. The van der Waals surface area contributed by atoms with E-state index in [-0.39, 0.29) is 11.9 Å². The van der Waals surface area contributed by atoms with Gasteiger partial charge in [0.25, 0.3) is 5.91 Å². The van der Waals surface area contributed by atoms with Crippen molar-refractivity contribution in [3.63, 3.8) is 0 Å². The predicted molar refractivity (Wildman–Crippen MR) is 105 cm³/mol. The Labute approximate surface area is 156 Å². The highest BCUT2D eigenvalue weighted by atomic mass is 32.1. The molecule has 3 heterocycles. The Morgan fingerprint density at radius 2 is 1.96 bits per heavy atom. The van der Waals surface area contributed by atoms with Crippen LogP contribution >= 0.6 is 11.3 Å². The average Bonchev–Trinajstić information content (AvgIpc) is 3.02. The minimum Gasteiger partial charge on any atom is -0.397 e. The normalized spacial score (nSPS) is 17.6. The summed E-state index contributed by atoms with van der Waals surface area (Å²) in [6, 6.07) is 10.4. The molecule has 2 aromatic heterocycles. The van der Waals surface area contributed by atoms with Crippen molar-refractivity contribution in [2.24, 2.45) is 0 Å². The van der Waals surface area contributed by atoms with E-state index in [1.807, 2.05) is 36.9 Å². The minimum absolute atomic E-state index is 0.0103. The number of rotatable bonds is 2. The topological polar surface area (TPSA) is 72.1 Å². The Morgan fingerprint density at radius 3 is 2.73 bits per heavy atom. The molecule has 1 amide bonds. The number of hydrogen-bond donors (Lipinski definition) is 1. The maximum Gasteiger partial charge on any atom is 0.266 e. The highest BCUT2D eigenvalue weighted by Crippen LogP contribution is 2.38. The highest BCUT2D eigenvalue weighted by Gasteiger charge is 2.31. The van der Waals surface area contributed by atoms with E-state index in [4.69, 9.17) is 5.73 Å². The van der Waals surface area contributed by atoms with Crippen molar-refractivity contribution in [3.05, 3.63) is 52.0 Å². The molecule has 2 N–H and O–H groups in total. The third kappa shape index (κ3) is 2.74. The Bertz CT molecular complexity index is 967. The molecule has 1 aliphatic rings. The Balaban J connectivity index is 1.75. The van der Waals surface area contributed by atoms with Gasteiger partial charge in [0.05, 0.1) is 17.4 Å². The second kappa shape index (κ2) is 6.68. The van der Waals surface area contributed by atoms with Gasteiger partial charge in [-0.3, -0.25) is 4.79 Å². The highest BCUT2D eigenvalue weighted by molar-refractivity contribution is 7.21. The summed E-state index contributed by atoms with van der Waals surface area (Å²) in [6.45, 7) is 4.66. The first-order valence-electron chi connectivity index (χ1n) is 8.95. The van der Waals surface area contributed by atoms with Crippen LogP contribution in [-0.4, -0.2) is 27.5 Å². The van der Waals surface area contributed by atoms with Crippen molar-refractivity contribution in [1.82, 2.24) is 15.1 Å². The van der Waals surface area contributed by atoms with Crippen LogP contribution in [0.5, 0.6) is 0 Å². The van der Waals surface area contributed by atoms with Gasteiger partial charge in [0.15, 0.2) is 0 Å². The molecule has 1 unspecified atom stereocenters. The molecule has 5 nitrogen and oxygen atoms in total. The molecule has 0 bridgehead atoms. The summed E-state index contributed by atoms with van der Waals surface area (Å²) in [5.74, 6) is 0.0103. The summed E-state index contributed by atoms with van der Waals surface area (Å²) in [5, 5.41) is 9.30. The lowest BCUT2D eigenvalue weighted by Gasteiger charge is -2.36. The minimum atomic E-state index is 0.0103. The van der Waals surface area contributed by atoms with Crippen LogP contribution in [0, 0.1) is 13.8 Å². The van der Waals surface area contributed by atoms with Crippen molar-refractivity contribution in [1.29, 1.82) is 0 Å². The molecule has 6 heteroatoms. The van der Waals surface area contributed by atoms with E-state index in [0.717, 1.165) is 47.3 Å². The third-order valence-corrected chi connectivity index (χ3v) is 6.36. The predicted octanol–water partition coefficient (Wildman–Crippen LogP) is 4.26. The van der Waals surface area contributed by atoms with E-state index in [0.29, 0.717) is 10.6 Å². The van der Waals surface area contributed by atoms with Gasteiger partial charge in [-0.25, -0.2) is 0 Å². The van der Waals surface area contributed by atoms with Crippen LogP contribution in [0.15, 0.2) is 30.3 Å². The van der Waals surface area contributed by atoms with Gasteiger partial charge in [0.1, 0.15) is 9.71 Å². The number of nitrogens with two attached hydrogens (primary N) is 1. The van der Waals surface area contributed by atoms with Crippen molar-refractivity contribution in [2.75, 3.05) is 12.3 Å². The molecule has 0 spiro atoms. The number of fused-ring (bicyclic) bond motifs is 1. The van der Waals surface area contributed by atoms with E-state index >= 15 is 0 Å². The molecule has 0 radical (unpaired) electrons. The van der Waals surface area contributed by atoms with Gasteiger partial charge >= 0.3 is 0 Å². The number of hydrogen-bond acceptors (Lipinski definition) is 5. The first kappa shape index (κ1) is 17.0. The molecule has 0 aliphatic carbocycles. The van der Waals surface area contributed by atoms with Gasteiger partial charge in [-0.05, 0) is 44.2 Å². The molecule has 4 rings (SSSR count). The fourth-order valence-electron chi connectivity index (χ4n) is 3.73. The molecular formula is C20H22N4OS. The number of anilines is 1. The molecule has 26 heavy (non-hydrogen) atoms. The number of nitrogen functional groups attached to an aromatic ring is 1. The molecule has 1 aromatic carbocycles. The fraction of sp³-hybridized carbons (Fsp3) is 0.350. The second-order valence-electron chi connectivity index (χ2n) is 6.86. The number of aryl methyl sites for hydroxylation is 2. The van der Waals surface area contributed by atoms with Gasteiger partial charge in [0, 0.05) is 11.9 Å². The molecule has 134 valence electrons. The van der Waals surface area contributed by atoms with Crippen molar-refractivity contribution >= 4 is 33.1 Å². The Hall–Kier alpha value is -2.47. The third-order valence-electron chi connectivity index (χ3n) is 5.28. The van der Waals surface area contributed by atoms with E-state index in [9.17, 15) is 4.79 Å². The summed E-state index contributed by atoms with van der Waals surface area (Å²) in [6.07, 6.45) is 3.14. The van der Waals surface area contributed by atoms with Gasteiger partial charge in [-0.1, -0.05) is 30.3 Å². The summed E-state index contributed by atoms with van der Waals surface area (Å²) in [7, 11) is 0. The summed E-state index contributed by atoms with van der Waals surface area (Å²) >= 11 is 1.36. The van der Waals surface area contributed by atoms with Gasteiger partial charge < -0.3 is 10.6 Å². The second-order valence-corrected chi connectivity index (χ2v) is 7.86. The number of nitrogens with zero attached hydrogens (tertiary/aromatic N) is 3. The number of piperidine rings is 1. The zero-order valence-electron chi connectivity index (χ0n) is 15.0. The van der Waals surface area contributed by atoms with Crippen LogP contribution in [0.2, 0.25) is 0 Å². The summed E-state index contributed by atoms with van der Waals surface area (Å²) in [4.78, 5) is 16.7. The Kier molecular flexibility index (Phi) is 4.36. The number of likely N-dealkylation sites (tertiary alicyclic amines) is 1. The quantitative estimate of drug-likeness (QED) is 0.735. The fourth-order valence-corrected chi connectivity index (χ4v) is 4.78. The number of thiophene rings is 1. The monoisotopic (exact) mass is 366 g/mol. The molecule has 3 aromatic rings. The van der Waals surface area contributed by atoms with E-state index in [1.165, 1.54) is 16.9 Å². The first-order chi connectivity index (χ1) is 12.6. The molecule has 1 aliphatic heterocycles. The smallest absolute Gasteiger partial charge is 0.266 e. The molecule has 1 atom stereocenters. The lowest BCUT2D eigenvalue weighted by molar-refractivity contribution is 0.0617. The van der Waals surface area contributed by atoms with Crippen LogP contribution < -0.4 is 5.73 Å². The molecule has 1 fully saturated rings. The number of aromatic nitrogens is 2. The van der Waals surface area contributed by atoms with Crippen molar-refractivity contribution in [2.45, 2.75) is 39.2 Å².